The van der Waals surface area contributed by atoms with Gasteiger partial charge in [0.15, 0.2) is 0 Å². The van der Waals surface area contributed by atoms with Crippen LogP contribution in [0.25, 0.3) is 54.8 Å². The van der Waals surface area contributed by atoms with E-state index < -0.39 is 0 Å². The van der Waals surface area contributed by atoms with Gasteiger partial charge in [0.2, 0.25) is 0 Å². The molecule has 0 saturated heterocycles. The average Bonchev–Trinajstić information content (AvgIpc) is 2.84. The number of rotatable bonds is 2. The van der Waals surface area contributed by atoms with Crippen molar-refractivity contribution in [1.82, 2.24) is 0 Å². The van der Waals surface area contributed by atoms with Gasteiger partial charge in [-0.3, -0.25) is 0 Å². The molecule has 0 spiro atoms. The van der Waals surface area contributed by atoms with Gasteiger partial charge >= 0.3 is 5.63 Å². The van der Waals surface area contributed by atoms with E-state index in [1.54, 1.807) is 0 Å². The first-order chi connectivity index (χ1) is 15.7. The van der Waals surface area contributed by atoms with E-state index in [0.717, 1.165) is 48.3 Å². The lowest BCUT2D eigenvalue weighted by atomic mass is 9.87. The highest BCUT2D eigenvalue weighted by Crippen LogP contribution is 2.46. The van der Waals surface area contributed by atoms with Gasteiger partial charge in [0.05, 0.1) is 5.39 Å². The zero-order valence-corrected chi connectivity index (χ0v) is 18.6. The van der Waals surface area contributed by atoms with E-state index >= 15 is 0 Å². The van der Waals surface area contributed by atoms with Crippen LogP contribution in [-0.4, -0.2) is 0 Å². The molecule has 32 heavy (non-hydrogen) atoms. The molecule has 3 heteroatoms. The van der Waals surface area contributed by atoms with Crippen molar-refractivity contribution in [2.75, 3.05) is 0 Å². The molecule has 0 fully saturated rings. The van der Waals surface area contributed by atoms with E-state index in [4.69, 9.17) is 4.42 Å². The van der Waals surface area contributed by atoms with E-state index in [9.17, 15) is 4.79 Å². The molecule has 5 aromatic carbocycles. The molecule has 0 unspecified atom stereocenters. The molecule has 0 N–H and O–H groups in total. The highest BCUT2D eigenvalue weighted by Gasteiger charge is 2.22. The van der Waals surface area contributed by atoms with Crippen LogP contribution in [-0.2, 0) is 0 Å². The van der Waals surface area contributed by atoms with Gasteiger partial charge < -0.3 is 4.42 Å². The smallest absolute Gasteiger partial charge is 0.344 e. The maximum absolute atomic E-state index is 13.1. The Kier molecular flexibility index (Phi) is 4.44. The largest absolute Gasteiger partial charge is 0.422 e. The van der Waals surface area contributed by atoms with Crippen molar-refractivity contribution >= 4 is 48.4 Å². The summed E-state index contributed by atoms with van der Waals surface area (Å²) in [6.45, 7) is 0. The number of fused-ring (bicyclic) bond motifs is 4. The molecule has 1 aromatic heterocycles. The molecule has 0 atom stereocenters. The van der Waals surface area contributed by atoms with Crippen LogP contribution < -0.4 is 5.63 Å². The van der Waals surface area contributed by atoms with E-state index in [0.29, 0.717) is 11.0 Å². The Balaban J connectivity index is 1.98. The summed E-state index contributed by atoms with van der Waals surface area (Å²) in [7, 11) is 0. The molecule has 1 heterocycles. The van der Waals surface area contributed by atoms with E-state index in [-0.39, 0.29) is 5.63 Å². The average molecular weight is 477 g/mol. The number of hydrogen-bond acceptors (Lipinski definition) is 2. The molecule has 0 saturated carbocycles. The summed E-state index contributed by atoms with van der Waals surface area (Å²) in [5.74, 6) is 0. The molecule has 0 aliphatic heterocycles. The fourth-order valence-corrected chi connectivity index (χ4v) is 5.12. The highest BCUT2D eigenvalue weighted by atomic mass is 79.9. The van der Waals surface area contributed by atoms with Crippen molar-refractivity contribution < 1.29 is 4.42 Å². The van der Waals surface area contributed by atoms with Gasteiger partial charge in [-0.2, -0.15) is 0 Å². The van der Waals surface area contributed by atoms with Crippen LogP contribution in [0, 0.1) is 0 Å². The lowest BCUT2D eigenvalue weighted by Crippen LogP contribution is -2.02. The standard InChI is InChI=1S/C29H17BrO2/c30-24-17-9-8-16-23(24)26-20-13-5-4-12-19(20)25(18-10-2-1-3-11-18)28-27(26)21-14-6-7-15-22(21)29(31)32-28/h1-17H. The monoisotopic (exact) mass is 476 g/mol. The van der Waals surface area contributed by atoms with Crippen LogP contribution in [0.4, 0.5) is 0 Å². The molecule has 0 aliphatic rings. The Hall–Kier alpha value is -3.69. The predicted molar refractivity (Wildman–Crippen MR) is 136 cm³/mol. The van der Waals surface area contributed by atoms with Crippen LogP contribution in [0.15, 0.2) is 117 Å². The fraction of sp³-hybridized carbons (Fsp3) is 0. The maximum atomic E-state index is 13.1. The minimum Gasteiger partial charge on any atom is -0.422 e. The summed E-state index contributed by atoms with van der Waals surface area (Å²) in [6, 6.07) is 34.4. The Morgan fingerprint density at radius 2 is 1.12 bits per heavy atom. The number of hydrogen-bond donors (Lipinski definition) is 0. The van der Waals surface area contributed by atoms with E-state index in [1.165, 1.54) is 0 Å². The summed E-state index contributed by atoms with van der Waals surface area (Å²) >= 11 is 3.75. The first-order valence-electron chi connectivity index (χ1n) is 10.4. The zero-order valence-electron chi connectivity index (χ0n) is 17.0. The molecule has 6 rings (SSSR count). The lowest BCUT2D eigenvalue weighted by Gasteiger charge is -2.18. The first-order valence-corrected chi connectivity index (χ1v) is 11.2. The third-order valence-corrected chi connectivity index (χ3v) is 6.68. The Morgan fingerprint density at radius 3 is 1.84 bits per heavy atom. The minimum absolute atomic E-state index is 0.321. The lowest BCUT2D eigenvalue weighted by molar-refractivity contribution is 0.571. The van der Waals surface area contributed by atoms with Crippen LogP contribution >= 0.6 is 15.9 Å². The molecule has 0 amide bonds. The molecular weight excluding hydrogens is 460 g/mol. The summed E-state index contributed by atoms with van der Waals surface area (Å²) in [6.07, 6.45) is 0. The van der Waals surface area contributed by atoms with Crippen LogP contribution in [0.1, 0.15) is 0 Å². The van der Waals surface area contributed by atoms with Gasteiger partial charge in [-0.05, 0) is 34.0 Å². The van der Waals surface area contributed by atoms with E-state index in [1.807, 2.05) is 66.7 Å². The van der Waals surface area contributed by atoms with Crippen LogP contribution in [0.5, 0.6) is 0 Å². The molecule has 0 radical (unpaired) electrons. The molecule has 152 valence electrons. The van der Waals surface area contributed by atoms with Crippen molar-refractivity contribution in [2.45, 2.75) is 0 Å². The quantitative estimate of drug-likeness (QED) is 0.143. The van der Waals surface area contributed by atoms with Gasteiger partial charge in [-0.1, -0.05) is 107 Å². The first kappa shape index (κ1) is 19.0. The second-order valence-electron chi connectivity index (χ2n) is 7.78. The van der Waals surface area contributed by atoms with Crippen molar-refractivity contribution in [2.24, 2.45) is 0 Å². The predicted octanol–water partition coefficient (Wildman–Crippen LogP) is 8.20. The van der Waals surface area contributed by atoms with Crippen LogP contribution in [0.2, 0.25) is 0 Å². The Bertz CT molecular complexity index is 1700. The van der Waals surface area contributed by atoms with Gasteiger partial charge in [0.25, 0.3) is 0 Å². The summed E-state index contributed by atoms with van der Waals surface area (Å²) in [4.78, 5) is 13.1. The fourth-order valence-electron chi connectivity index (χ4n) is 4.64. The maximum Gasteiger partial charge on any atom is 0.344 e. The Labute approximate surface area is 192 Å². The number of benzene rings is 5. The van der Waals surface area contributed by atoms with Gasteiger partial charge in [-0.15, -0.1) is 0 Å². The molecule has 6 aromatic rings. The summed E-state index contributed by atoms with van der Waals surface area (Å²) < 4.78 is 7.09. The second kappa shape index (κ2) is 7.47. The van der Waals surface area contributed by atoms with Crippen molar-refractivity contribution in [3.05, 3.63) is 118 Å². The summed E-state index contributed by atoms with van der Waals surface area (Å²) in [5, 5.41) is 4.60. The SMILES string of the molecule is O=c1oc2c(-c3ccccc3)c3ccccc3c(-c3ccccc3Br)c2c2ccccc12. The van der Waals surface area contributed by atoms with Crippen molar-refractivity contribution in [3.8, 4) is 22.3 Å². The second-order valence-corrected chi connectivity index (χ2v) is 8.64. The van der Waals surface area contributed by atoms with Crippen molar-refractivity contribution in [3.63, 3.8) is 0 Å². The third-order valence-electron chi connectivity index (χ3n) is 5.99. The molecule has 0 aliphatic carbocycles. The van der Waals surface area contributed by atoms with Crippen molar-refractivity contribution in [1.29, 1.82) is 0 Å². The topological polar surface area (TPSA) is 30.2 Å². The van der Waals surface area contributed by atoms with Gasteiger partial charge in [0.1, 0.15) is 5.58 Å². The zero-order chi connectivity index (χ0) is 21.7. The van der Waals surface area contributed by atoms with Gasteiger partial charge in [-0.25, -0.2) is 4.79 Å². The van der Waals surface area contributed by atoms with Gasteiger partial charge in [0, 0.05) is 26.4 Å². The summed E-state index contributed by atoms with van der Waals surface area (Å²) in [5.41, 5.74) is 4.37. The highest BCUT2D eigenvalue weighted by molar-refractivity contribution is 9.10. The third kappa shape index (κ3) is 2.82. The minimum atomic E-state index is -0.321. The molecule has 0 bridgehead atoms. The number of halogens is 1. The normalized spacial score (nSPS) is 11.4. The molecular formula is C29H17BrO2. The van der Waals surface area contributed by atoms with E-state index in [2.05, 4.69) is 52.3 Å². The Morgan fingerprint density at radius 1 is 0.562 bits per heavy atom. The van der Waals surface area contributed by atoms with Crippen LogP contribution in [0.3, 0.4) is 0 Å². The molecule has 2 nitrogen and oxygen atoms in total.